The molecule has 196 valence electrons. The van der Waals surface area contributed by atoms with Crippen molar-refractivity contribution < 1.29 is 28.5 Å². The van der Waals surface area contributed by atoms with Gasteiger partial charge in [-0.05, 0) is 44.2 Å². The molecular formula is C31H36O6. The second-order valence-corrected chi connectivity index (χ2v) is 8.27. The monoisotopic (exact) mass is 504 g/mol. The van der Waals surface area contributed by atoms with E-state index in [1.54, 1.807) is 0 Å². The lowest BCUT2D eigenvalue weighted by Gasteiger charge is -2.48. The molecule has 3 aromatic carbocycles. The lowest BCUT2D eigenvalue weighted by atomic mass is 9.79. The first kappa shape index (κ1) is 28.0. The summed E-state index contributed by atoms with van der Waals surface area (Å²) in [5.74, 6) is -0.451. The first-order valence-electron chi connectivity index (χ1n) is 12.7. The molecule has 0 aliphatic heterocycles. The number of rotatable bonds is 15. The van der Waals surface area contributed by atoms with Gasteiger partial charge in [0.15, 0.2) is 5.60 Å². The van der Waals surface area contributed by atoms with Crippen molar-refractivity contribution in [2.75, 3.05) is 19.8 Å². The Balaban J connectivity index is 2.28. The van der Waals surface area contributed by atoms with Gasteiger partial charge in [0.2, 0.25) is 0 Å². The number of ether oxygens (including phenoxy) is 5. The molecule has 0 radical (unpaired) electrons. The minimum absolute atomic E-state index is 0.271. The van der Waals surface area contributed by atoms with E-state index in [9.17, 15) is 4.79 Å². The number of carbonyl (C=O) groups excluding carboxylic acids is 1. The maximum Gasteiger partial charge on any atom is 0.333 e. The third-order valence-electron chi connectivity index (χ3n) is 6.03. The zero-order chi connectivity index (χ0) is 26.6. The van der Waals surface area contributed by atoms with Gasteiger partial charge >= 0.3 is 5.97 Å². The number of hydrogen-bond donors (Lipinski definition) is 0. The maximum atomic E-state index is 12.8. The van der Waals surface area contributed by atoms with Crippen LogP contribution in [0.5, 0.6) is 17.2 Å². The number of para-hydroxylation sites is 3. The lowest BCUT2D eigenvalue weighted by Crippen LogP contribution is -2.60. The Morgan fingerprint density at radius 1 is 0.838 bits per heavy atom. The second-order valence-electron chi connectivity index (χ2n) is 8.27. The van der Waals surface area contributed by atoms with Gasteiger partial charge in [0.25, 0.3) is 5.79 Å². The highest BCUT2D eigenvalue weighted by Crippen LogP contribution is 2.49. The normalized spacial score (nSPS) is 14.1. The first-order valence-corrected chi connectivity index (χ1v) is 12.7. The first-order chi connectivity index (χ1) is 18.0. The molecule has 0 aliphatic carbocycles. The standard InChI is InChI=1S/C31H36O6/c1-5-29(32)37-31(6-2,36-26-19-13-10-14-20-26)30(34-8-4,23-24-33-7-3)27-21-15-16-22-28(27)35-25-17-11-9-12-18-25/h5,9-22H,1,6-8,23-24H2,2-4H3. The molecule has 0 N–H and O–H groups in total. The fraction of sp³-hybridized carbons (Fsp3) is 0.323. The van der Waals surface area contributed by atoms with Crippen LogP contribution in [-0.4, -0.2) is 31.6 Å². The summed E-state index contributed by atoms with van der Waals surface area (Å²) in [4.78, 5) is 12.8. The second kappa shape index (κ2) is 13.6. The van der Waals surface area contributed by atoms with Crippen molar-refractivity contribution in [3.05, 3.63) is 103 Å². The largest absolute Gasteiger partial charge is 0.457 e. The average Bonchev–Trinajstić information content (AvgIpc) is 2.93. The lowest BCUT2D eigenvalue weighted by molar-refractivity contribution is -0.294. The molecular weight excluding hydrogens is 468 g/mol. The quantitative estimate of drug-likeness (QED) is 0.0956. The van der Waals surface area contributed by atoms with Crippen LogP contribution in [0.15, 0.2) is 97.6 Å². The number of carbonyl (C=O) groups is 1. The van der Waals surface area contributed by atoms with Crippen molar-refractivity contribution in [2.24, 2.45) is 0 Å². The summed E-state index contributed by atoms with van der Waals surface area (Å²) in [5.41, 5.74) is -0.624. The van der Waals surface area contributed by atoms with Gasteiger partial charge in [-0.15, -0.1) is 0 Å². The Hall–Kier alpha value is -3.61. The average molecular weight is 505 g/mol. The van der Waals surface area contributed by atoms with E-state index in [4.69, 9.17) is 23.7 Å². The van der Waals surface area contributed by atoms with E-state index in [1.165, 1.54) is 0 Å². The van der Waals surface area contributed by atoms with Gasteiger partial charge < -0.3 is 23.7 Å². The van der Waals surface area contributed by atoms with Crippen molar-refractivity contribution in [2.45, 2.75) is 45.0 Å². The van der Waals surface area contributed by atoms with Crippen LogP contribution < -0.4 is 9.47 Å². The molecule has 0 bridgehead atoms. The minimum Gasteiger partial charge on any atom is -0.457 e. The van der Waals surface area contributed by atoms with Gasteiger partial charge in [-0.3, -0.25) is 0 Å². The Morgan fingerprint density at radius 2 is 1.46 bits per heavy atom. The Kier molecular flexibility index (Phi) is 10.3. The van der Waals surface area contributed by atoms with Crippen molar-refractivity contribution in [1.82, 2.24) is 0 Å². The number of esters is 1. The molecule has 0 saturated carbocycles. The molecule has 0 fully saturated rings. The fourth-order valence-corrected chi connectivity index (χ4v) is 4.40. The van der Waals surface area contributed by atoms with E-state index >= 15 is 0 Å². The zero-order valence-electron chi connectivity index (χ0n) is 21.9. The summed E-state index contributed by atoms with van der Waals surface area (Å²) in [6, 6.07) is 26.3. The van der Waals surface area contributed by atoms with Crippen molar-refractivity contribution >= 4 is 5.97 Å². The Labute approximate surface area is 219 Å². The van der Waals surface area contributed by atoms with Crippen LogP contribution in [0.4, 0.5) is 0 Å². The van der Waals surface area contributed by atoms with Gasteiger partial charge in [0.05, 0.1) is 0 Å². The van der Waals surface area contributed by atoms with Gasteiger partial charge in [-0.25, -0.2) is 4.79 Å². The third-order valence-corrected chi connectivity index (χ3v) is 6.03. The van der Waals surface area contributed by atoms with Crippen LogP contribution in [0.3, 0.4) is 0 Å². The summed E-state index contributed by atoms with van der Waals surface area (Å²) in [7, 11) is 0. The van der Waals surface area contributed by atoms with Crippen LogP contribution in [0.25, 0.3) is 0 Å². The Morgan fingerprint density at radius 3 is 2.05 bits per heavy atom. The van der Waals surface area contributed by atoms with Crippen LogP contribution in [0.2, 0.25) is 0 Å². The molecule has 0 aliphatic rings. The topological polar surface area (TPSA) is 63.2 Å². The summed E-state index contributed by atoms with van der Waals surface area (Å²) < 4.78 is 31.5. The van der Waals surface area contributed by atoms with E-state index in [-0.39, 0.29) is 6.42 Å². The SMILES string of the molecule is C=CC(=O)OC(CC)(Oc1ccccc1)C(CCOCC)(OCC)c1ccccc1Oc1ccccc1. The van der Waals surface area contributed by atoms with Crippen molar-refractivity contribution in [3.8, 4) is 17.2 Å². The summed E-state index contributed by atoms with van der Waals surface area (Å²) in [6.07, 6.45) is 1.73. The van der Waals surface area contributed by atoms with Crippen LogP contribution in [0, 0.1) is 0 Å². The van der Waals surface area contributed by atoms with E-state index in [0.29, 0.717) is 49.1 Å². The highest BCUT2D eigenvalue weighted by Gasteiger charge is 2.59. The minimum atomic E-state index is -1.58. The van der Waals surface area contributed by atoms with E-state index in [0.717, 1.165) is 6.08 Å². The van der Waals surface area contributed by atoms with E-state index in [2.05, 4.69) is 6.58 Å². The summed E-state index contributed by atoms with van der Waals surface area (Å²) in [6.45, 7) is 10.5. The molecule has 37 heavy (non-hydrogen) atoms. The molecule has 6 heteroatoms. The van der Waals surface area contributed by atoms with Crippen molar-refractivity contribution in [3.63, 3.8) is 0 Å². The summed E-state index contributed by atoms with van der Waals surface area (Å²) >= 11 is 0. The molecule has 3 aromatic rings. The molecule has 0 saturated heterocycles. The smallest absolute Gasteiger partial charge is 0.333 e. The van der Waals surface area contributed by atoms with Gasteiger partial charge in [0.1, 0.15) is 17.2 Å². The zero-order valence-corrected chi connectivity index (χ0v) is 21.9. The van der Waals surface area contributed by atoms with Gasteiger partial charge in [-0.1, -0.05) is 68.1 Å². The molecule has 6 nitrogen and oxygen atoms in total. The third kappa shape index (κ3) is 6.59. The van der Waals surface area contributed by atoms with Crippen LogP contribution in [-0.2, 0) is 24.6 Å². The highest BCUT2D eigenvalue weighted by molar-refractivity contribution is 5.81. The predicted molar refractivity (Wildman–Crippen MR) is 144 cm³/mol. The van der Waals surface area contributed by atoms with Crippen LogP contribution in [0.1, 0.15) is 39.2 Å². The molecule has 0 aromatic heterocycles. The molecule has 0 spiro atoms. The summed E-state index contributed by atoms with van der Waals surface area (Å²) in [5, 5.41) is 0. The van der Waals surface area contributed by atoms with E-state index < -0.39 is 17.4 Å². The highest BCUT2D eigenvalue weighted by atomic mass is 16.7. The molecule has 2 atom stereocenters. The molecule has 3 rings (SSSR count). The Bertz CT molecular complexity index is 1120. The molecule has 2 unspecified atom stereocenters. The molecule has 0 heterocycles. The fourth-order valence-electron chi connectivity index (χ4n) is 4.40. The van der Waals surface area contributed by atoms with Crippen LogP contribution >= 0.6 is 0 Å². The van der Waals surface area contributed by atoms with Gasteiger partial charge in [-0.2, -0.15) is 0 Å². The maximum absolute atomic E-state index is 12.8. The molecule has 0 amide bonds. The van der Waals surface area contributed by atoms with Gasteiger partial charge in [0, 0.05) is 44.3 Å². The predicted octanol–water partition coefficient (Wildman–Crippen LogP) is 7.05. The number of hydrogen-bond acceptors (Lipinski definition) is 6. The number of benzene rings is 3. The van der Waals surface area contributed by atoms with Crippen molar-refractivity contribution in [1.29, 1.82) is 0 Å². The van der Waals surface area contributed by atoms with E-state index in [1.807, 2.05) is 106 Å².